The van der Waals surface area contributed by atoms with Crippen LogP contribution in [0.25, 0.3) is 0 Å². The molecule has 54 valence electrons. The molecule has 0 rings (SSSR count). The van der Waals surface area contributed by atoms with Crippen molar-refractivity contribution < 1.29 is 10.1 Å². The molecular formula is C4H9NO2S2. The molecule has 0 heterocycles. The highest BCUT2D eigenvalue weighted by atomic mass is 32.8. The topological polar surface area (TPSA) is 53.3 Å². The van der Waals surface area contributed by atoms with Crippen molar-refractivity contribution in [2.24, 2.45) is 0 Å². The van der Waals surface area contributed by atoms with Gasteiger partial charge in [-0.15, -0.1) is 9.45 Å². The molecular weight excluding hydrogens is 158 g/mol. The monoisotopic (exact) mass is 167 g/mol. The molecule has 1 atom stereocenters. The molecule has 0 aliphatic carbocycles. The van der Waals surface area contributed by atoms with Gasteiger partial charge in [0.1, 0.15) is 0 Å². The van der Waals surface area contributed by atoms with E-state index in [1.807, 2.05) is 6.26 Å². The Hall–Kier alpha value is -0.0000000000000000763. The van der Waals surface area contributed by atoms with E-state index in [-0.39, 0.29) is 15.4 Å². The van der Waals surface area contributed by atoms with Gasteiger partial charge in [-0.2, -0.15) is 0 Å². The van der Waals surface area contributed by atoms with Crippen molar-refractivity contribution >= 4 is 26.5 Å². The van der Waals surface area contributed by atoms with E-state index >= 15 is 0 Å². The first kappa shape index (κ1) is 9.00. The summed E-state index contributed by atoms with van der Waals surface area (Å²) in [5, 5.41) is 14.7. The minimum atomic E-state index is -0.112. The number of nitrogens with one attached hydrogen (secondary N) is 1. The molecule has 2 N–H and O–H groups in total. The van der Waals surface area contributed by atoms with Crippen LogP contribution in [0.2, 0.25) is 0 Å². The van der Waals surface area contributed by atoms with Crippen LogP contribution in [0, 0.1) is 5.41 Å². The average molecular weight is 167 g/mol. The molecule has 1 unspecified atom stereocenters. The van der Waals surface area contributed by atoms with E-state index in [0.29, 0.717) is 6.42 Å². The van der Waals surface area contributed by atoms with Gasteiger partial charge in [-0.05, 0) is 6.26 Å². The Bertz CT molecular complexity index is 126. The summed E-state index contributed by atoms with van der Waals surface area (Å²) in [6.45, 7) is 0. The molecule has 0 aliphatic rings. The van der Waals surface area contributed by atoms with Crippen molar-refractivity contribution in [1.82, 2.24) is 0 Å². The first-order chi connectivity index (χ1) is 4.16. The predicted octanol–water partition coefficient (Wildman–Crippen LogP) is 0.553. The van der Waals surface area contributed by atoms with E-state index in [2.05, 4.69) is 4.89 Å². The fourth-order valence-electron chi connectivity index (χ4n) is 0.282. The largest absolute Gasteiger partial charge is 0.325 e. The van der Waals surface area contributed by atoms with Crippen LogP contribution in [0.4, 0.5) is 0 Å². The molecule has 0 spiro atoms. The van der Waals surface area contributed by atoms with E-state index in [4.69, 9.17) is 21.9 Å². The molecule has 0 amide bonds. The van der Waals surface area contributed by atoms with E-state index < -0.39 is 0 Å². The molecule has 9 heavy (non-hydrogen) atoms. The Kier molecular flexibility index (Phi) is 4.84. The van der Waals surface area contributed by atoms with Crippen molar-refractivity contribution in [2.45, 2.75) is 6.42 Å². The lowest BCUT2D eigenvalue weighted by molar-refractivity contribution is -0.157. The minimum absolute atomic E-state index is 0.0864. The molecule has 0 aromatic heterocycles. The molecule has 0 saturated heterocycles. The fraction of sp³-hybridized carbons (Fsp3) is 0.750. The van der Waals surface area contributed by atoms with E-state index in [1.165, 1.54) is 0 Å². The maximum Gasteiger partial charge on any atom is 0.225 e. The fourth-order valence-corrected chi connectivity index (χ4v) is 1.00. The summed E-state index contributed by atoms with van der Waals surface area (Å²) in [7, 11) is -0.0864. The molecule has 0 fully saturated rings. The molecule has 0 saturated carbocycles. The average Bonchev–Trinajstić information content (AvgIpc) is 1.83. The zero-order valence-corrected chi connectivity index (χ0v) is 6.72. The van der Waals surface area contributed by atoms with Gasteiger partial charge in [-0.1, -0.05) is 11.2 Å². The van der Waals surface area contributed by atoms with E-state index in [0.717, 1.165) is 5.75 Å². The lowest BCUT2D eigenvalue weighted by Crippen LogP contribution is -2.04. The summed E-state index contributed by atoms with van der Waals surface area (Å²) < 4.78 is 0. The lowest BCUT2D eigenvalue weighted by atomic mass is 10.5. The van der Waals surface area contributed by atoms with Gasteiger partial charge in [0.25, 0.3) is 0 Å². The van der Waals surface area contributed by atoms with Crippen molar-refractivity contribution in [2.75, 3.05) is 12.0 Å². The Morgan fingerprint density at radius 1 is 1.89 bits per heavy atom. The van der Waals surface area contributed by atoms with Crippen LogP contribution in [0.15, 0.2) is 0 Å². The van der Waals surface area contributed by atoms with Gasteiger partial charge in [-0.25, -0.2) is 5.26 Å². The summed E-state index contributed by atoms with van der Waals surface area (Å²) in [4.78, 5) is 3.64. The van der Waals surface area contributed by atoms with Crippen molar-refractivity contribution in [3.63, 3.8) is 0 Å². The second-order valence-electron chi connectivity index (χ2n) is 1.54. The molecule has 5 heteroatoms. The second-order valence-corrected chi connectivity index (χ2v) is 4.80. The summed E-state index contributed by atoms with van der Waals surface area (Å²) >= 11 is 4.84. The molecule has 0 aromatic carbocycles. The Labute approximate surface area is 61.1 Å². The van der Waals surface area contributed by atoms with Gasteiger partial charge in [0.2, 0.25) is 5.90 Å². The molecule has 0 radical (unpaired) electrons. The maximum absolute atomic E-state index is 7.89. The third kappa shape index (κ3) is 5.88. The highest BCUT2D eigenvalue weighted by Crippen LogP contribution is 1.86. The highest BCUT2D eigenvalue weighted by Gasteiger charge is 1.95. The third-order valence-electron chi connectivity index (χ3n) is 0.727. The van der Waals surface area contributed by atoms with Crippen LogP contribution in [-0.4, -0.2) is 23.2 Å². The number of hydrogen-bond acceptors (Lipinski definition) is 4. The Morgan fingerprint density at radius 2 is 2.44 bits per heavy atom. The predicted molar refractivity (Wildman–Crippen MR) is 41.6 cm³/mol. The first-order valence-electron chi connectivity index (χ1n) is 2.35. The highest BCUT2D eigenvalue weighted by molar-refractivity contribution is 8.28. The molecule has 0 aliphatic heterocycles. The summed E-state index contributed by atoms with van der Waals surface area (Å²) in [5.41, 5.74) is 0. The first-order valence-corrected chi connectivity index (χ1v) is 5.08. The van der Waals surface area contributed by atoms with Crippen molar-refractivity contribution in [3.8, 4) is 0 Å². The quantitative estimate of drug-likeness (QED) is 0.279. The van der Waals surface area contributed by atoms with E-state index in [9.17, 15) is 0 Å². The van der Waals surface area contributed by atoms with Gasteiger partial charge in [0.15, 0.2) is 0 Å². The lowest BCUT2D eigenvalue weighted by Gasteiger charge is -1.96. The van der Waals surface area contributed by atoms with Gasteiger partial charge in [0.05, 0.1) is 0 Å². The zero-order valence-electron chi connectivity index (χ0n) is 5.09. The molecule has 0 bridgehead atoms. The second kappa shape index (κ2) is 4.84. The van der Waals surface area contributed by atoms with Crippen LogP contribution in [0.1, 0.15) is 6.42 Å². The van der Waals surface area contributed by atoms with Gasteiger partial charge in [0, 0.05) is 12.2 Å². The Morgan fingerprint density at radius 3 is 2.78 bits per heavy atom. The van der Waals surface area contributed by atoms with E-state index in [1.54, 1.807) is 0 Å². The van der Waals surface area contributed by atoms with Crippen molar-refractivity contribution in [3.05, 3.63) is 0 Å². The number of rotatable bonds is 3. The van der Waals surface area contributed by atoms with Crippen LogP contribution in [-0.2, 0) is 25.5 Å². The summed E-state index contributed by atoms with van der Waals surface area (Å²) in [6, 6.07) is 0. The van der Waals surface area contributed by atoms with Gasteiger partial charge >= 0.3 is 0 Å². The molecule has 3 nitrogen and oxygen atoms in total. The normalized spacial score (nSPS) is 12.7. The van der Waals surface area contributed by atoms with Crippen LogP contribution in [0.3, 0.4) is 0 Å². The SMILES string of the molecule is CS(=S)CCC(=N)OO. The van der Waals surface area contributed by atoms with Crippen LogP contribution >= 0.6 is 0 Å². The zero-order chi connectivity index (χ0) is 7.28. The summed E-state index contributed by atoms with van der Waals surface area (Å²) in [5.74, 6) is 0.619. The Balaban J connectivity index is 3.28. The maximum atomic E-state index is 7.89. The van der Waals surface area contributed by atoms with Crippen LogP contribution in [0.5, 0.6) is 0 Å². The minimum Gasteiger partial charge on any atom is -0.325 e. The van der Waals surface area contributed by atoms with Gasteiger partial charge in [-0.3, -0.25) is 5.41 Å². The van der Waals surface area contributed by atoms with Crippen molar-refractivity contribution in [1.29, 1.82) is 5.41 Å². The summed E-state index contributed by atoms with van der Waals surface area (Å²) in [6.07, 6.45) is 2.33. The third-order valence-corrected chi connectivity index (χ3v) is 2.01. The van der Waals surface area contributed by atoms with Gasteiger partial charge < -0.3 is 4.89 Å². The van der Waals surface area contributed by atoms with Crippen LogP contribution < -0.4 is 0 Å². The number of hydrogen-bond donors (Lipinski definition) is 2. The smallest absolute Gasteiger partial charge is 0.225 e. The standard InChI is InChI=1S/C4H9NO2S2/c1-9(8)3-2-4(5)7-6/h5-6H,2-3H2,1H3. The molecule has 0 aromatic rings.